The molecule has 0 saturated carbocycles. The molecule has 0 atom stereocenters. The van der Waals surface area contributed by atoms with Gasteiger partial charge in [0.25, 0.3) is 0 Å². The minimum absolute atomic E-state index is 0.600. The Morgan fingerprint density at radius 1 is 1.00 bits per heavy atom. The van der Waals surface area contributed by atoms with Crippen LogP contribution in [0.2, 0.25) is 0 Å². The van der Waals surface area contributed by atoms with Gasteiger partial charge in [-0.1, -0.05) is 12.1 Å². The van der Waals surface area contributed by atoms with Gasteiger partial charge in [-0.15, -0.1) is 0 Å². The Morgan fingerprint density at radius 2 is 1.71 bits per heavy atom. The van der Waals surface area contributed by atoms with E-state index in [9.17, 15) is 0 Å². The lowest BCUT2D eigenvalue weighted by Gasteiger charge is -2.23. The molecule has 0 bridgehead atoms. The molecule has 2 aromatic rings. The number of ether oxygens (including phenoxy) is 3. The van der Waals surface area contributed by atoms with Crippen molar-refractivity contribution in [3.63, 3.8) is 0 Å². The molecule has 0 amide bonds. The third-order valence-corrected chi connectivity index (χ3v) is 3.99. The van der Waals surface area contributed by atoms with Crippen LogP contribution in [-0.2, 0) is 6.54 Å². The van der Waals surface area contributed by atoms with Crippen molar-refractivity contribution in [2.75, 3.05) is 33.7 Å². The number of hydrogen-bond donors (Lipinski definition) is 1. The summed E-state index contributed by atoms with van der Waals surface area (Å²) in [6, 6.07) is 13.4. The van der Waals surface area contributed by atoms with Crippen LogP contribution in [0.3, 0.4) is 0 Å². The predicted octanol–water partition coefficient (Wildman–Crippen LogP) is 3.54. The first-order chi connectivity index (χ1) is 11.6. The van der Waals surface area contributed by atoms with Gasteiger partial charge in [-0.2, -0.15) is 0 Å². The molecule has 0 aliphatic carbocycles. The van der Waals surface area contributed by atoms with Gasteiger partial charge in [-0.25, -0.2) is 0 Å². The van der Waals surface area contributed by atoms with Gasteiger partial charge in [0.2, 0.25) is 0 Å². The zero-order valence-corrected chi connectivity index (χ0v) is 15.1. The zero-order chi connectivity index (χ0) is 17.5. The van der Waals surface area contributed by atoms with E-state index in [4.69, 9.17) is 26.4 Å². The Labute approximate surface area is 148 Å². The quantitative estimate of drug-likeness (QED) is 0.807. The number of thiocarbonyl (C=S) groups is 1. The summed E-state index contributed by atoms with van der Waals surface area (Å²) >= 11 is 5.47. The molecule has 0 spiro atoms. The maximum Gasteiger partial charge on any atom is 0.173 e. The minimum atomic E-state index is 0.600. The second-order valence-corrected chi connectivity index (χ2v) is 5.55. The van der Waals surface area contributed by atoms with Crippen LogP contribution in [0.1, 0.15) is 5.56 Å². The summed E-state index contributed by atoms with van der Waals surface area (Å²) in [5, 5.41) is 3.82. The highest BCUT2D eigenvalue weighted by atomic mass is 32.1. The molecule has 0 radical (unpaired) electrons. The lowest BCUT2D eigenvalue weighted by atomic mass is 10.1. The first-order valence-corrected chi connectivity index (χ1v) is 7.86. The number of hydrogen-bond acceptors (Lipinski definition) is 4. The maximum absolute atomic E-state index is 5.47. The molecule has 0 saturated heterocycles. The van der Waals surface area contributed by atoms with E-state index in [1.54, 1.807) is 21.3 Å². The molecule has 1 N–H and O–H groups in total. The molecule has 0 unspecified atom stereocenters. The fraction of sp³-hybridized carbons (Fsp3) is 0.278. The normalized spacial score (nSPS) is 10.0. The van der Waals surface area contributed by atoms with Crippen molar-refractivity contribution in [2.45, 2.75) is 6.54 Å². The molecule has 6 heteroatoms. The molecule has 0 aliphatic rings. The van der Waals surface area contributed by atoms with E-state index in [1.165, 1.54) is 0 Å². The van der Waals surface area contributed by atoms with Crippen LogP contribution in [-0.4, -0.2) is 38.4 Å². The van der Waals surface area contributed by atoms with Crippen molar-refractivity contribution >= 4 is 23.0 Å². The van der Waals surface area contributed by atoms with Gasteiger partial charge in [0, 0.05) is 24.8 Å². The van der Waals surface area contributed by atoms with Gasteiger partial charge < -0.3 is 24.4 Å². The predicted molar refractivity (Wildman–Crippen MR) is 100 cm³/mol. The molecule has 5 nitrogen and oxygen atoms in total. The van der Waals surface area contributed by atoms with E-state index in [0.29, 0.717) is 17.4 Å². The van der Waals surface area contributed by atoms with E-state index in [2.05, 4.69) is 5.32 Å². The van der Waals surface area contributed by atoms with E-state index in [0.717, 1.165) is 22.7 Å². The maximum atomic E-state index is 5.47. The summed E-state index contributed by atoms with van der Waals surface area (Å²) in [6.45, 7) is 0.600. The Morgan fingerprint density at radius 3 is 2.29 bits per heavy atom. The van der Waals surface area contributed by atoms with Crippen LogP contribution in [0, 0.1) is 0 Å². The highest BCUT2D eigenvalue weighted by Gasteiger charge is 2.13. The van der Waals surface area contributed by atoms with Crippen molar-refractivity contribution in [1.29, 1.82) is 0 Å². The van der Waals surface area contributed by atoms with Crippen molar-refractivity contribution in [2.24, 2.45) is 0 Å². The first kappa shape index (κ1) is 17.9. The second kappa shape index (κ2) is 8.40. The summed E-state index contributed by atoms with van der Waals surface area (Å²) in [4.78, 5) is 1.94. The van der Waals surface area contributed by atoms with E-state index in [-0.39, 0.29) is 0 Å². The van der Waals surface area contributed by atoms with E-state index < -0.39 is 0 Å². The molecular weight excluding hydrogens is 324 g/mol. The monoisotopic (exact) mass is 346 g/mol. The number of anilines is 1. The molecule has 0 aliphatic heterocycles. The van der Waals surface area contributed by atoms with Crippen molar-refractivity contribution in [3.05, 3.63) is 48.0 Å². The zero-order valence-electron chi connectivity index (χ0n) is 14.3. The van der Waals surface area contributed by atoms with E-state index in [1.807, 2.05) is 54.4 Å². The third-order valence-electron chi connectivity index (χ3n) is 3.58. The number of methoxy groups -OCH3 is 3. The first-order valence-electron chi connectivity index (χ1n) is 7.45. The highest BCUT2D eigenvalue weighted by molar-refractivity contribution is 7.80. The van der Waals surface area contributed by atoms with Crippen LogP contribution in [0.25, 0.3) is 0 Å². The van der Waals surface area contributed by atoms with Crippen LogP contribution < -0.4 is 19.5 Å². The highest BCUT2D eigenvalue weighted by Crippen LogP contribution is 2.31. The van der Waals surface area contributed by atoms with Crippen LogP contribution in [0.4, 0.5) is 5.69 Å². The SMILES string of the molecule is COc1ccc(NC(=S)N(C)Cc2cccc(OC)c2OC)cc1. The van der Waals surface area contributed by atoms with Crippen molar-refractivity contribution < 1.29 is 14.2 Å². The largest absolute Gasteiger partial charge is 0.497 e. The average molecular weight is 346 g/mol. The van der Waals surface area contributed by atoms with Crippen molar-refractivity contribution in [1.82, 2.24) is 4.90 Å². The summed E-state index contributed by atoms with van der Waals surface area (Å²) in [7, 11) is 6.83. The minimum Gasteiger partial charge on any atom is -0.497 e. The van der Waals surface area contributed by atoms with Gasteiger partial charge in [0.05, 0.1) is 21.3 Å². The van der Waals surface area contributed by atoms with Crippen LogP contribution >= 0.6 is 12.2 Å². The smallest absolute Gasteiger partial charge is 0.173 e. The fourth-order valence-electron chi connectivity index (χ4n) is 2.30. The van der Waals surface area contributed by atoms with Gasteiger partial charge in [0.1, 0.15) is 5.75 Å². The Kier molecular flexibility index (Phi) is 6.26. The number of nitrogens with one attached hydrogen (secondary N) is 1. The standard InChI is InChI=1S/C18H22N2O3S/c1-20(12-13-6-5-7-16(22-3)17(13)23-4)18(24)19-14-8-10-15(21-2)11-9-14/h5-11H,12H2,1-4H3,(H,19,24). The summed E-state index contributed by atoms with van der Waals surface area (Å²) in [5.74, 6) is 2.23. The van der Waals surface area contributed by atoms with Gasteiger partial charge in [-0.05, 0) is 42.5 Å². The Balaban J connectivity index is 2.06. The second-order valence-electron chi connectivity index (χ2n) is 5.17. The Hall–Kier alpha value is -2.47. The van der Waals surface area contributed by atoms with Crippen molar-refractivity contribution in [3.8, 4) is 17.2 Å². The summed E-state index contributed by atoms with van der Waals surface area (Å²) in [5.41, 5.74) is 1.91. The summed E-state index contributed by atoms with van der Waals surface area (Å²) in [6.07, 6.45) is 0. The molecular formula is C18H22N2O3S. The number of para-hydroxylation sites is 1. The van der Waals surface area contributed by atoms with Crippen LogP contribution in [0.15, 0.2) is 42.5 Å². The topological polar surface area (TPSA) is 43.0 Å². The third kappa shape index (κ3) is 4.29. The molecule has 2 aromatic carbocycles. The molecule has 128 valence electrons. The fourth-order valence-corrected chi connectivity index (χ4v) is 2.48. The molecule has 2 rings (SSSR count). The van der Waals surface area contributed by atoms with Gasteiger partial charge in [0.15, 0.2) is 16.6 Å². The number of nitrogens with zero attached hydrogens (tertiary/aromatic N) is 1. The molecule has 0 aromatic heterocycles. The van der Waals surface area contributed by atoms with E-state index >= 15 is 0 Å². The Bertz CT molecular complexity index is 689. The lowest BCUT2D eigenvalue weighted by Crippen LogP contribution is -2.30. The lowest BCUT2D eigenvalue weighted by molar-refractivity contribution is 0.347. The number of rotatable bonds is 6. The molecule has 24 heavy (non-hydrogen) atoms. The number of benzene rings is 2. The van der Waals surface area contributed by atoms with Crippen LogP contribution in [0.5, 0.6) is 17.2 Å². The average Bonchev–Trinajstić information content (AvgIpc) is 2.61. The van der Waals surface area contributed by atoms with Gasteiger partial charge in [-0.3, -0.25) is 0 Å². The van der Waals surface area contributed by atoms with Gasteiger partial charge >= 0.3 is 0 Å². The molecule has 0 fully saturated rings. The molecule has 0 heterocycles. The summed E-state index contributed by atoms with van der Waals surface area (Å²) < 4.78 is 15.9.